The molecular formula is C21H18O2. The van der Waals surface area contributed by atoms with E-state index in [1.807, 2.05) is 31.2 Å². The SMILES string of the molecule is C=C/C(=C\C=C/C)C(=O)c1ccc(C(=O)c2ccccc2)cc1. The van der Waals surface area contributed by atoms with Crippen molar-refractivity contribution in [3.05, 3.63) is 108 Å². The summed E-state index contributed by atoms with van der Waals surface area (Å²) in [5.74, 6) is -0.171. The highest BCUT2D eigenvalue weighted by Crippen LogP contribution is 2.14. The summed E-state index contributed by atoms with van der Waals surface area (Å²) in [6, 6.07) is 15.8. The molecule has 0 atom stereocenters. The minimum Gasteiger partial charge on any atom is -0.289 e. The number of allylic oxidation sites excluding steroid dienone is 5. The summed E-state index contributed by atoms with van der Waals surface area (Å²) in [5.41, 5.74) is 2.24. The molecule has 0 saturated heterocycles. The molecule has 0 aliphatic heterocycles. The van der Waals surface area contributed by atoms with Gasteiger partial charge in [0.2, 0.25) is 0 Å². The first kappa shape index (κ1) is 16.4. The Morgan fingerprint density at radius 2 is 1.43 bits per heavy atom. The molecule has 0 aliphatic carbocycles. The van der Waals surface area contributed by atoms with E-state index < -0.39 is 0 Å². The molecule has 0 fully saturated rings. The molecule has 0 amide bonds. The zero-order valence-electron chi connectivity index (χ0n) is 13.0. The van der Waals surface area contributed by atoms with E-state index in [9.17, 15) is 9.59 Å². The molecule has 2 aromatic carbocycles. The van der Waals surface area contributed by atoms with Crippen molar-refractivity contribution >= 4 is 11.6 Å². The molecule has 0 N–H and O–H groups in total. The number of hydrogen-bond acceptors (Lipinski definition) is 2. The van der Waals surface area contributed by atoms with Gasteiger partial charge in [0.1, 0.15) is 0 Å². The standard InChI is InChI=1S/C21H18O2/c1-3-5-9-16(4-2)20(22)18-12-14-19(15-13-18)21(23)17-10-7-6-8-11-17/h3-15H,2H2,1H3/b5-3-,16-9+. The lowest BCUT2D eigenvalue weighted by molar-refractivity contribution is 0.102. The van der Waals surface area contributed by atoms with Gasteiger partial charge in [-0.1, -0.05) is 85.5 Å². The molecule has 0 unspecified atom stereocenters. The van der Waals surface area contributed by atoms with Gasteiger partial charge in [-0.25, -0.2) is 0 Å². The Hall–Kier alpha value is -3.00. The van der Waals surface area contributed by atoms with Gasteiger partial charge in [0.25, 0.3) is 0 Å². The van der Waals surface area contributed by atoms with Crippen molar-refractivity contribution in [2.75, 3.05) is 0 Å². The van der Waals surface area contributed by atoms with Gasteiger partial charge in [-0.15, -0.1) is 0 Å². The topological polar surface area (TPSA) is 34.1 Å². The lowest BCUT2D eigenvalue weighted by atomic mass is 9.98. The van der Waals surface area contributed by atoms with Crippen LogP contribution in [0.3, 0.4) is 0 Å². The molecule has 0 spiro atoms. The zero-order valence-corrected chi connectivity index (χ0v) is 13.0. The van der Waals surface area contributed by atoms with E-state index in [-0.39, 0.29) is 11.6 Å². The Bertz CT molecular complexity index is 763. The average Bonchev–Trinajstić information content (AvgIpc) is 2.62. The maximum atomic E-state index is 12.4. The van der Waals surface area contributed by atoms with Crippen LogP contribution in [-0.2, 0) is 0 Å². The van der Waals surface area contributed by atoms with Gasteiger partial charge >= 0.3 is 0 Å². The smallest absolute Gasteiger partial charge is 0.193 e. The van der Waals surface area contributed by atoms with Crippen molar-refractivity contribution in [1.82, 2.24) is 0 Å². The van der Waals surface area contributed by atoms with Crippen molar-refractivity contribution in [3.8, 4) is 0 Å². The first-order valence-corrected chi connectivity index (χ1v) is 7.37. The van der Waals surface area contributed by atoms with Crippen LogP contribution in [-0.4, -0.2) is 11.6 Å². The van der Waals surface area contributed by atoms with Crippen LogP contribution in [0.2, 0.25) is 0 Å². The fourth-order valence-electron chi connectivity index (χ4n) is 2.13. The minimum atomic E-state index is -0.114. The molecule has 0 saturated carbocycles. The lowest BCUT2D eigenvalue weighted by Crippen LogP contribution is -2.04. The molecule has 0 radical (unpaired) electrons. The molecule has 0 bridgehead atoms. The minimum absolute atomic E-state index is 0.0574. The van der Waals surface area contributed by atoms with Gasteiger partial charge in [-0.05, 0) is 6.92 Å². The van der Waals surface area contributed by atoms with Crippen LogP contribution >= 0.6 is 0 Å². The highest BCUT2D eigenvalue weighted by Gasteiger charge is 2.12. The number of ketones is 2. The molecule has 2 aromatic rings. The Morgan fingerprint density at radius 3 is 2.00 bits per heavy atom. The average molecular weight is 302 g/mol. The second-order valence-corrected chi connectivity index (χ2v) is 4.95. The molecule has 0 aromatic heterocycles. The molecule has 114 valence electrons. The van der Waals surface area contributed by atoms with E-state index in [0.29, 0.717) is 22.3 Å². The zero-order chi connectivity index (χ0) is 16.7. The molecular weight excluding hydrogens is 284 g/mol. The third-order valence-electron chi connectivity index (χ3n) is 3.40. The molecule has 0 heterocycles. The monoisotopic (exact) mass is 302 g/mol. The van der Waals surface area contributed by atoms with E-state index in [4.69, 9.17) is 0 Å². The van der Waals surface area contributed by atoms with E-state index in [1.54, 1.807) is 48.6 Å². The van der Waals surface area contributed by atoms with Crippen LogP contribution in [0.1, 0.15) is 33.2 Å². The van der Waals surface area contributed by atoms with Crippen LogP contribution < -0.4 is 0 Å². The van der Waals surface area contributed by atoms with Crippen LogP contribution in [0.4, 0.5) is 0 Å². The van der Waals surface area contributed by atoms with Crippen molar-refractivity contribution < 1.29 is 9.59 Å². The van der Waals surface area contributed by atoms with Crippen LogP contribution in [0.5, 0.6) is 0 Å². The predicted molar refractivity (Wildman–Crippen MR) is 93.7 cm³/mol. The largest absolute Gasteiger partial charge is 0.289 e. The summed E-state index contributed by atoms with van der Waals surface area (Å²) in [6.45, 7) is 5.55. The van der Waals surface area contributed by atoms with Gasteiger partial charge in [0.15, 0.2) is 11.6 Å². The lowest BCUT2D eigenvalue weighted by Gasteiger charge is -2.04. The Kier molecular flexibility index (Phi) is 5.59. The van der Waals surface area contributed by atoms with E-state index >= 15 is 0 Å². The number of rotatable bonds is 6. The number of Topliss-reactive ketones (excluding diaryl/α,β-unsaturated/α-hetero) is 1. The first-order valence-electron chi connectivity index (χ1n) is 7.37. The fourth-order valence-corrected chi connectivity index (χ4v) is 2.13. The van der Waals surface area contributed by atoms with Crippen molar-refractivity contribution in [2.45, 2.75) is 6.92 Å². The summed E-state index contributed by atoms with van der Waals surface area (Å²) in [7, 11) is 0. The molecule has 2 nitrogen and oxygen atoms in total. The number of carbonyl (C=O) groups excluding carboxylic acids is 2. The van der Waals surface area contributed by atoms with Gasteiger partial charge in [-0.3, -0.25) is 9.59 Å². The molecule has 0 aliphatic rings. The maximum absolute atomic E-state index is 12.4. The quantitative estimate of drug-likeness (QED) is 0.437. The molecule has 2 rings (SSSR count). The Morgan fingerprint density at radius 1 is 0.870 bits per heavy atom. The second-order valence-electron chi connectivity index (χ2n) is 4.95. The van der Waals surface area contributed by atoms with Gasteiger partial charge in [0, 0.05) is 22.3 Å². The summed E-state index contributed by atoms with van der Waals surface area (Å²) < 4.78 is 0. The highest BCUT2D eigenvalue weighted by molar-refractivity contribution is 6.12. The number of benzene rings is 2. The van der Waals surface area contributed by atoms with Crippen molar-refractivity contribution in [3.63, 3.8) is 0 Å². The van der Waals surface area contributed by atoms with Gasteiger partial charge in [-0.2, -0.15) is 0 Å². The van der Waals surface area contributed by atoms with E-state index in [2.05, 4.69) is 6.58 Å². The normalized spacial score (nSPS) is 11.4. The van der Waals surface area contributed by atoms with Crippen LogP contribution in [0.25, 0.3) is 0 Å². The van der Waals surface area contributed by atoms with Gasteiger partial charge in [0.05, 0.1) is 0 Å². The second kappa shape index (κ2) is 7.85. The predicted octanol–water partition coefficient (Wildman–Crippen LogP) is 4.79. The van der Waals surface area contributed by atoms with E-state index in [0.717, 1.165) is 0 Å². The maximum Gasteiger partial charge on any atom is 0.193 e. The van der Waals surface area contributed by atoms with Gasteiger partial charge < -0.3 is 0 Å². The van der Waals surface area contributed by atoms with Crippen LogP contribution in [0, 0.1) is 0 Å². The first-order chi connectivity index (χ1) is 11.2. The number of hydrogen-bond donors (Lipinski definition) is 0. The van der Waals surface area contributed by atoms with E-state index in [1.165, 1.54) is 6.08 Å². The Balaban J connectivity index is 2.24. The van der Waals surface area contributed by atoms with Crippen LogP contribution in [0.15, 0.2) is 91.1 Å². The third kappa shape index (κ3) is 4.01. The molecule has 2 heteroatoms. The highest BCUT2D eigenvalue weighted by atomic mass is 16.1. The summed E-state index contributed by atoms with van der Waals surface area (Å²) in [4.78, 5) is 24.7. The summed E-state index contributed by atoms with van der Waals surface area (Å²) in [6.07, 6.45) is 6.89. The Labute approximate surface area is 136 Å². The third-order valence-corrected chi connectivity index (χ3v) is 3.40. The van der Waals surface area contributed by atoms with Crippen molar-refractivity contribution in [1.29, 1.82) is 0 Å². The van der Waals surface area contributed by atoms with Crippen molar-refractivity contribution in [2.24, 2.45) is 0 Å². The molecule has 23 heavy (non-hydrogen) atoms. The summed E-state index contributed by atoms with van der Waals surface area (Å²) >= 11 is 0. The number of carbonyl (C=O) groups is 2. The fraction of sp³-hybridized carbons (Fsp3) is 0.0476. The summed E-state index contributed by atoms with van der Waals surface area (Å²) in [5, 5.41) is 0.